The Morgan fingerprint density at radius 3 is 2.82 bits per heavy atom. The highest BCUT2D eigenvalue weighted by Crippen LogP contribution is 2.78. The molecule has 22 heavy (non-hydrogen) atoms. The van der Waals surface area contributed by atoms with Crippen molar-refractivity contribution in [3.63, 3.8) is 0 Å². The number of nitrogens with zero attached hydrogens (tertiary/aromatic N) is 4. The van der Waals surface area contributed by atoms with E-state index in [0.29, 0.717) is 5.41 Å². The van der Waals surface area contributed by atoms with Crippen LogP contribution in [-0.2, 0) is 5.41 Å². The first kappa shape index (κ1) is 12.4. The van der Waals surface area contributed by atoms with Gasteiger partial charge in [-0.3, -0.25) is 0 Å². The molecule has 0 saturated heterocycles. The van der Waals surface area contributed by atoms with Crippen molar-refractivity contribution < 1.29 is 0 Å². The van der Waals surface area contributed by atoms with E-state index in [1.807, 2.05) is 23.9 Å². The minimum Gasteiger partial charge on any atom is -0.221 e. The van der Waals surface area contributed by atoms with Gasteiger partial charge in [-0.15, -0.1) is 0 Å². The van der Waals surface area contributed by atoms with E-state index in [2.05, 4.69) is 33.7 Å². The van der Waals surface area contributed by atoms with Gasteiger partial charge < -0.3 is 0 Å². The molecule has 2 fully saturated rings. The minimum absolute atomic E-state index is 0.250. The van der Waals surface area contributed by atoms with E-state index in [0.717, 1.165) is 33.6 Å². The standard InChI is InChI=1S/C17H14N4S/c1-11-6-15(22-20-11)21-14-7-13(3-2-12(14)8-19-21)17(10-18)9-16(17)4-5-16/h2-3,6-8H,4-5,9H2,1H3/t17-/m1/s1. The van der Waals surface area contributed by atoms with Crippen molar-refractivity contribution in [1.29, 1.82) is 5.26 Å². The van der Waals surface area contributed by atoms with Crippen LogP contribution in [0.15, 0.2) is 30.5 Å². The summed E-state index contributed by atoms with van der Waals surface area (Å²) in [5.74, 6) is 0. The van der Waals surface area contributed by atoms with Crippen molar-refractivity contribution in [2.45, 2.75) is 31.6 Å². The van der Waals surface area contributed by atoms with E-state index in [4.69, 9.17) is 0 Å². The number of nitriles is 1. The number of rotatable bonds is 2. The fourth-order valence-electron chi connectivity index (χ4n) is 3.76. The molecule has 0 unspecified atom stereocenters. The summed E-state index contributed by atoms with van der Waals surface area (Å²) < 4.78 is 6.28. The van der Waals surface area contributed by atoms with E-state index in [-0.39, 0.29) is 5.41 Å². The van der Waals surface area contributed by atoms with Crippen molar-refractivity contribution in [2.24, 2.45) is 5.41 Å². The van der Waals surface area contributed by atoms with E-state index in [1.54, 1.807) is 0 Å². The van der Waals surface area contributed by atoms with Crippen LogP contribution in [-0.4, -0.2) is 14.2 Å². The second kappa shape index (κ2) is 3.76. The molecule has 2 heterocycles. The Morgan fingerprint density at radius 2 is 2.18 bits per heavy atom. The first-order valence-electron chi connectivity index (χ1n) is 7.51. The van der Waals surface area contributed by atoms with Crippen LogP contribution in [0.25, 0.3) is 15.9 Å². The van der Waals surface area contributed by atoms with Crippen LogP contribution in [0.5, 0.6) is 0 Å². The molecule has 3 aromatic rings. The lowest BCUT2D eigenvalue weighted by Gasteiger charge is -2.09. The average molecular weight is 306 g/mol. The number of fused-ring (bicyclic) bond motifs is 1. The second-order valence-electron chi connectivity index (χ2n) is 6.61. The van der Waals surface area contributed by atoms with Crippen molar-refractivity contribution in [1.82, 2.24) is 14.2 Å². The van der Waals surface area contributed by atoms with Crippen molar-refractivity contribution in [3.8, 4) is 11.1 Å². The average Bonchev–Trinajstić information content (AvgIpc) is 3.32. The monoisotopic (exact) mass is 306 g/mol. The maximum atomic E-state index is 9.72. The zero-order chi connectivity index (χ0) is 14.9. The van der Waals surface area contributed by atoms with Gasteiger partial charge in [-0.2, -0.15) is 14.7 Å². The normalized spacial score (nSPS) is 24.5. The quantitative estimate of drug-likeness (QED) is 0.725. The first-order chi connectivity index (χ1) is 10.7. The summed E-state index contributed by atoms with van der Waals surface area (Å²) in [7, 11) is 0. The van der Waals surface area contributed by atoms with Crippen molar-refractivity contribution >= 4 is 22.4 Å². The van der Waals surface area contributed by atoms with Crippen LogP contribution in [0.1, 0.15) is 30.5 Å². The molecule has 0 amide bonds. The summed E-state index contributed by atoms with van der Waals surface area (Å²) in [6, 6.07) is 11.0. The maximum Gasteiger partial charge on any atom is 0.138 e. The molecule has 0 radical (unpaired) electrons. The summed E-state index contributed by atoms with van der Waals surface area (Å²) in [5, 5.41) is 16.3. The van der Waals surface area contributed by atoms with Gasteiger partial charge in [-0.05, 0) is 60.8 Å². The first-order valence-corrected chi connectivity index (χ1v) is 8.28. The summed E-state index contributed by atoms with van der Waals surface area (Å²) >= 11 is 1.45. The zero-order valence-corrected chi connectivity index (χ0v) is 13.0. The predicted molar refractivity (Wildman–Crippen MR) is 85.1 cm³/mol. The van der Waals surface area contributed by atoms with Crippen LogP contribution in [0.2, 0.25) is 0 Å². The largest absolute Gasteiger partial charge is 0.221 e. The highest BCUT2D eigenvalue weighted by Gasteiger charge is 2.75. The summed E-state index contributed by atoms with van der Waals surface area (Å²) in [4.78, 5) is 0. The number of hydrogen-bond donors (Lipinski definition) is 0. The van der Waals surface area contributed by atoms with E-state index >= 15 is 0 Å². The molecule has 108 valence electrons. The third kappa shape index (κ3) is 1.41. The summed E-state index contributed by atoms with van der Waals surface area (Å²) in [6.07, 6.45) is 5.31. The molecule has 0 bridgehead atoms. The van der Waals surface area contributed by atoms with E-state index in [9.17, 15) is 5.26 Å². The smallest absolute Gasteiger partial charge is 0.138 e. The second-order valence-corrected chi connectivity index (χ2v) is 7.39. The molecule has 5 rings (SSSR count). The van der Waals surface area contributed by atoms with E-state index in [1.165, 1.54) is 24.4 Å². The Kier molecular flexibility index (Phi) is 2.12. The lowest BCUT2D eigenvalue weighted by Crippen LogP contribution is -2.07. The Balaban J connectivity index is 1.69. The van der Waals surface area contributed by atoms with Gasteiger partial charge in [0.2, 0.25) is 0 Å². The molecule has 1 atom stereocenters. The third-order valence-electron chi connectivity index (χ3n) is 5.32. The van der Waals surface area contributed by atoms with Gasteiger partial charge in [-0.1, -0.05) is 12.1 Å². The topological polar surface area (TPSA) is 54.5 Å². The Hall–Kier alpha value is -2.19. The number of aromatic nitrogens is 3. The van der Waals surface area contributed by atoms with Gasteiger partial charge in [0.05, 0.1) is 28.9 Å². The number of hydrogen-bond acceptors (Lipinski definition) is 4. The molecule has 2 saturated carbocycles. The van der Waals surface area contributed by atoms with Gasteiger partial charge in [0.25, 0.3) is 0 Å². The molecule has 2 aliphatic rings. The summed E-state index contributed by atoms with van der Waals surface area (Å²) in [6.45, 7) is 1.99. The molecule has 0 N–H and O–H groups in total. The lowest BCUT2D eigenvalue weighted by molar-refractivity contribution is 0.738. The van der Waals surface area contributed by atoms with E-state index < -0.39 is 0 Å². The molecule has 5 heteroatoms. The predicted octanol–water partition coefficient (Wildman–Crippen LogP) is 3.74. The molecular formula is C17H14N4S. The summed E-state index contributed by atoms with van der Waals surface area (Å²) in [5.41, 5.74) is 3.27. The number of benzene rings is 1. The lowest BCUT2D eigenvalue weighted by atomic mass is 9.93. The molecule has 2 aromatic heterocycles. The minimum atomic E-state index is -0.250. The Morgan fingerprint density at radius 1 is 1.32 bits per heavy atom. The molecule has 1 aromatic carbocycles. The molecule has 2 aliphatic carbocycles. The van der Waals surface area contributed by atoms with Crippen LogP contribution < -0.4 is 0 Å². The zero-order valence-electron chi connectivity index (χ0n) is 12.2. The molecular weight excluding hydrogens is 292 g/mol. The van der Waals surface area contributed by atoms with Gasteiger partial charge in [-0.25, -0.2) is 4.68 Å². The fraction of sp³-hybridized carbons (Fsp3) is 0.353. The molecule has 0 aliphatic heterocycles. The SMILES string of the molecule is Cc1cc(-n2ncc3ccc([C@]4(C#N)CC45CC5)cc32)sn1. The Labute approximate surface area is 132 Å². The van der Waals surface area contributed by atoms with Crippen LogP contribution >= 0.6 is 11.5 Å². The van der Waals surface area contributed by atoms with Crippen LogP contribution in [0.4, 0.5) is 0 Å². The number of aryl methyl sites for hydroxylation is 1. The van der Waals surface area contributed by atoms with Crippen LogP contribution in [0.3, 0.4) is 0 Å². The Bertz CT molecular complexity index is 957. The van der Waals surface area contributed by atoms with Crippen molar-refractivity contribution in [2.75, 3.05) is 0 Å². The maximum absolute atomic E-state index is 9.72. The fourth-order valence-corrected chi connectivity index (χ4v) is 4.49. The molecule has 1 spiro atoms. The van der Waals surface area contributed by atoms with Crippen LogP contribution in [0, 0.1) is 23.7 Å². The van der Waals surface area contributed by atoms with Gasteiger partial charge in [0, 0.05) is 5.39 Å². The highest BCUT2D eigenvalue weighted by molar-refractivity contribution is 7.08. The van der Waals surface area contributed by atoms with Gasteiger partial charge >= 0.3 is 0 Å². The molecule has 4 nitrogen and oxygen atoms in total. The third-order valence-corrected chi connectivity index (χ3v) is 6.17. The van der Waals surface area contributed by atoms with Gasteiger partial charge in [0.1, 0.15) is 5.00 Å². The van der Waals surface area contributed by atoms with Gasteiger partial charge in [0.15, 0.2) is 0 Å². The highest BCUT2D eigenvalue weighted by atomic mass is 32.1. The van der Waals surface area contributed by atoms with Crippen molar-refractivity contribution in [3.05, 3.63) is 41.7 Å².